The summed E-state index contributed by atoms with van der Waals surface area (Å²) in [7, 11) is 0. The molecule has 19 heavy (non-hydrogen) atoms. The maximum atomic E-state index is 13.3. The zero-order chi connectivity index (χ0) is 13.8. The molecule has 2 aromatic rings. The molecule has 0 aromatic heterocycles. The minimum atomic E-state index is -0.386. The van der Waals surface area contributed by atoms with Crippen LogP contribution in [0.4, 0.5) is 4.39 Å². The van der Waals surface area contributed by atoms with Gasteiger partial charge < -0.3 is 10.5 Å². The van der Waals surface area contributed by atoms with E-state index in [4.69, 9.17) is 33.7 Å². The van der Waals surface area contributed by atoms with E-state index in [0.717, 1.165) is 0 Å². The number of rotatable bonds is 4. The highest BCUT2D eigenvalue weighted by Crippen LogP contribution is 2.26. The highest BCUT2D eigenvalue weighted by Gasteiger charge is 2.07. The Labute approximate surface area is 120 Å². The largest absolute Gasteiger partial charge is 0.489 e. The van der Waals surface area contributed by atoms with E-state index >= 15 is 0 Å². The average molecular weight is 300 g/mol. The van der Waals surface area contributed by atoms with Crippen molar-refractivity contribution in [2.45, 2.75) is 13.2 Å². The third-order valence-electron chi connectivity index (χ3n) is 2.61. The normalized spacial score (nSPS) is 10.5. The fourth-order valence-corrected chi connectivity index (χ4v) is 2.15. The zero-order valence-electron chi connectivity index (χ0n) is 10.00. The molecule has 0 heterocycles. The lowest BCUT2D eigenvalue weighted by Crippen LogP contribution is -2.01. The first kappa shape index (κ1) is 14.1. The average Bonchev–Trinajstić information content (AvgIpc) is 2.37. The molecule has 2 rings (SSSR count). The van der Waals surface area contributed by atoms with E-state index in [-0.39, 0.29) is 19.0 Å². The first-order chi connectivity index (χ1) is 9.10. The van der Waals surface area contributed by atoms with Gasteiger partial charge in [-0.2, -0.15) is 0 Å². The van der Waals surface area contributed by atoms with Gasteiger partial charge in [-0.1, -0.05) is 29.3 Å². The first-order valence-corrected chi connectivity index (χ1v) is 6.41. The molecule has 0 saturated heterocycles. The minimum absolute atomic E-state index is 0.173. The second-order valence-electron chi connectivity index (χ2n) is 3.99. The van der Waals surface area contributed by atoms with Gasteiger partial charge >= 0.3 is 0 Å². The van der Waals surface area contributed by atoms with Gasteiger partial charge in [0.2, 0.25) is 0 Å². The minimum Gasteiger partial charge on any atom is -0.489 e. The molecule has 100 valence electrons. The standard InChI is InChI=1S/C14H12Cl2FNO/c15-13-2-1-3-14(16)12(13)8-19-11-5-9(7-18)4-10(17)6-11/h1-6H,7-8,18H2. The van der Waals surface area contributed by atoms with E-state index < -0.39 is 0 Å². The van der Waals surface area contributed by atoms with Gasteiger partial charge in [-0.3, -0.25) is 0 Å². The molecule has 0 saturated carbocycles. The molecule has 0 aliphatic rings. The van der Waals surface area contributed by atoms with Gasteiger partial charge in [0, 0.05) is 28.2 Å². The lowest BCUT2D eigenvalue weighted by Gasteiger charge is -2.10. The summed E-state index contributed by atoms with van der Waals surface area (Å²) in [5, 5.41) is 1.03. The second-order valence-corrected chi connectivity index (χ2v) is 4.80. The molecule has 0 fully saturated rings. The molecule has 2 aromatic carbocycles. The van der Waals surface area contributed by atoms with Crippen LogP contribution < -0.4 is 10.5 Å². The number of halogens is 3. The Morgan fingerprint density at radius 2 is 1.79 bits per heavy atom. The zero-order valence-corrected chi connectivity index (χ0v) is 11.5. The molecule has 0 bridgehead atoms. The van der Waals surface area contributed by atoms with Crippen molar-refractivity contribution in [3.05, 3.63) is 63.4 Å². The predicted octanol–water partition coefficient (Wildman–Crippen LogP) is 4.17. The van der Waals surface area contributed by atoms with Crippen LogP contribution in [0, 0.1) is 5.82 Å². The van der Waals surface area contributed by atoms with Gasteiger partial charge in [0.25, 0.3) is 0 Å². The van der Waals surface area contributed by atoms with E-state index in [9.17, 15) is 4.39 Å². The van der Waals surface area contributed by atoms with Crippen LogP contribution in [0.5, 0.6) is 5.75 Å². The van der Waals surface area contributed by atoms with Crippen molar-refractivity contribution >= 4 is 23.2 Å². The number of hydrogen-bond acceptors (Lipinski definition) is 2. The highest BCUT2D eigenvalue weighted by molar-refractivity contribution is 6.35. The molecule has 0 amide bonds. The molecule has 0 unspecified atom stereocenters. The number of ether oxygens (including phenoxy) is 1. The Hall–Kier alpha value is -1.29. The van der Waals surface area contributed by atoms with Crippen LogP contribution in [0.3, 0.4) is 0 Å². The summed E-state index contributed by atoms with van der Waals surface area (Å²) in [5.41, 5.74) is 6.82. The third-order valence-corrected chi connectivity index (χ3v) is 3.32. The van der Waals surface area contributed by atoms with Gasteiger partial charge in [0.1, 0.15) is 18.2 Å². The molecule has 0 radical (unpaired) electrons. The summed E-state index contributed by atoms with van der Waals surface area (Å²) in [6, 6.07) is 9.56. The van der Waals surface area contributed by atoms with Crippen molar-refractivity contribution in [2.24, 2.45) is 5.73 Å². The molecule has 0 aliphatic carbocycles. The fraction of sp³-hybridized carbons (Fsp3) is 0.143. The molecular weight excluding hydrogens is 288 g/mol. The molecule has 0 aliphatic heterocycles. The second kappa shape index (κ2) is 6.24. The Kier molecular flexibility index (Phi) is 4.64. The summed E-state index contributed by atoms with van der Waals surface area (Å²) >= 11 is 12.1. The Morgan fingerprint density at radius 3 is 2.42 bits per heavy atom. The molecule has 2 nitrogen and oxygen atoms in total. The van der Waals surface area contributed by atoms with Gasteiger partial charge in [-0.05, 0) is 29.8 Å². The van der Waals surface area contributed by atoms with Gasteiger partial charge in [0.15, 0.2) is 0 Å². The predicted molar refractivity (Wildman–Crippen MR) is 75.1 cm³/mol. The third kappa shape index (κ3) is 3.60. The van der Waals surface area contributed by atoms with Crippen LogP contribution in [-0.2, 0) is 13.2 Å². The Morgan fingerprint density at radius 1 is 1.11 bits per heavy atom. The van der Waals surface area contributed by atoms with Crippen molar-refractivity contribution in [2.75, 3.05) is 0 Å². The fourth-order valence-electron chi connectivity index (χ4n) is 1.65. The quantitative estimate of drug-likeness (QED) is 0.919. The van der Waals surface area contributed by atoms with Crippen LogP contribution in [-0.4, -0.2) is 0 Å². The van der Waals surface area contributed by atoms with Crippen LogP contribution in [0.25, 0.3) is 0 Å². The summed E-state index contributed by atoms with van der Waals surface area (Å²) in [4.78, 5) is 0. The van der Waals surface area contributed by atoms with Gasteiger partial charge in [-0.25, -0.2) is 4.39 Å². The summed E-state index contributed by atoms with van der Waals surface area (Å²) in [5.74, 6) is 0.0136. The van der Waals surface area contributed by atoms with Crippen LogP contribution in [0.15, 0.2) is 36.4 Å². The van der Waals surface area contributed by atoms with E-state index in [1.807, 2.05) is 0 Å². The first-order valence-electron chi connectivity index (χ1n) is 5.65. The number of hydrogen-bond donors (Lipinski definition) is 1. The monoisotopic (exact) mass is 299 g/mol. The molecule has 0 atom stereocenters. The maximum absolute atomic E-state index is 13.3. The lowest BCUT2D eigenvalue weighted by molar-refractivity contribution is 0.304. The van der Waals surface area contributed by atoms with Crippen molar-refractivity contribution in [3.63, 3.8) is 0 Å². The number of nitrogens with two attached hydrogens (primary N) is 1. The topological polar surface area (TPSA) is 35.2 Å². The van der Waals surface area contributed by atoms with E-state index in [1.54, 1.807) is 24.3 Å². The van der Waals surface area contributed by atoms with Crippen molar-refractivity contribution in [1.29, 1.82) is 0 Å². The van der Waals surface area contributed by atoms with Crippen molar-refractivity contribution in [1.82, 2.24) is 0 Å². The molecule has 0 spiro atoms. The number of benzene rings is 2. The molecule has 2 N–H and O–H groups in total. The maximum Gasteiger partial charge on any atom is 0.127 e. The Balaban J connectivity index is 2.16. The molecular formula is C14H12Cl2FNO. The summed E-state index contributed by atoms with van der Waals surface area (Å²) in [6.45, 7) is 0.424. The van der Waals surface area contributed by atoms with E-state index in [0.29, 0.717) is 26.9 Å². The van der Waals surface area contributed by atoms with Gasteiger partial charge in [-0.15, -0.1) is 0 Å². The summed E-state index contributed by atoms with van der Waals surface area (Å²) < 4.78 is 18.8. The SMILES string of the molecule is NCc1cc(F)cc(OCc2c(Cl)cccc2Cl)c1. The van der Waals surface area contributed by atoms with Crippen molar-refractivity contribution < 1.29 is 9.13 Å². The van der Waals surface area contributed by atoms with Crippen LogP contribution in [0.1, 0.15) is 11.1 Å². The van der Waals surface area contributed by atoms with E-state index in [1.165, 1.54) is 12.1 Å². The van der Waals surface area contributed by atoms with E-state index in [2.05, 4.69) is 0 Å². The Bertz CT molecular complexity index is 569. The van der Waals surface area contributed by atoms with Gasteiger partial charge in [0.05, 0.1) is 0 Å². The van der Waals surface area contributed by atoms with Crippen LogP contribution in [0.2, 0.25) is 10.0 Å². The smallest absolute Gasteiger partial charge is 0.127 e. The van der Waals surface area contributed by atoms with Crippen molar-refractivity contribution in [3.8, 4) is 5.75 Å². The van der Waals surface area contributed by atoms with Crippen LogP contribution >= 0.6 is 23.2 Å². The lowest BCUT2D eigenvalue weighted by atomic mass is 10.2. The highest BCUT2D eigenvalue weighted by atomic mass is 35.5. The molecule has 5 heteroatoms. The summed E-state index contributed by atoms with van der Waals surface area (Å²) in [6.07, 6.45) is 0.